The number of thiophene rings is 1. The van der Waals surface area contributed by atoms with Crippen LogP contribution in [-0.2, 0) is 11.3 Å². The van der Waals surface area contributed by atoms with Gasteiger partial charge in [-0.05, 0) is 82.2 Å². The van der Waals surface area contributed by atoms with Crippen molar-refractivity contribution in [2.24, 2.45) is 0 Å². The molecular weight excluding hydrogens is 576 g/mol. The zero-order chi connectivity index (χ0) is 30.4. The highest BCUT2D eigenvalue weighted by Crippen LogP contribution is 2.44. The van der Waals surface area contributed by atoms with Gasteiger partial charge in [-0.25, -0.2) is 9.78 Å². The van der Waals surface area contributed by atoms with Gasteiger partial charge in [-0.3, -0.25) is 4.79 Å². The zero-order valence-corrected chi connectivity index (χ0v) is 24.6. The van der Waals surface area contributed by atoms with Crippen LogP contribution in [0.3, 0.4) is 0 Å². The normalized spacial score (nSPS) is 11.8. The average molecular weight is 603 g/mol. The Morgan fingerprint density at radius 1 is 0.909 bits per heavy atom. The third kappa shape index (κ3) is 4.71. The van der Waals surface area contributed by atoms with E-state index in [1.54, 1.807) is 37.4 Å². The average Bonchev–Trinajstić information content (AvgIpc) is 3.72. The first-order valence-corrected chi connectivity index (χ1v) is 14.6. The highest BCUT2D eigenvalue weighted by molar-refractivity contribution is 7.13. The molecule has 218 valence electrons. The summed E-state index contributed by atoms with van der Waals surface area (Å²) in [4.78, 5) is 35.6. The summed E-state index contributed by atoms with van der Waals surface area (Å²) >= 11 is 1.53. The van der Waals surface area contributed by atoms with Crippen LogP contribution in [0.15, 0.2) is 84.2 Å². The molecule has 0 saturated carbocycles. The highest BCUT2D eigenvalue weighted by Gasteiger charge is 2.27. The molecule has 1 aliphatic rings. The van der Waals surface area contributed by atoms with Gasteiger partial charge in [0.15, 0.2) is 5.95 Å². The SMILES string of the molecule is COC(=O)c1cc2c(cc1-c1cc(OC)c(-c3cccs3)cc1C(=O)Nc1ccc3nc(N)[nH]c3c1)COc1ccccc1-2. The van der Waals surface area contributed by atoms with Crippen molar-refractivity contribution in [3.8, 4) is 44.2 Å². The Morgan fingerprint density at radius 2 is 1.73 bits per heavy atom. The molecule has 0 spiro atoms. The van der Waals surface area contributed by atoms with E-state index in [-0.39, 0.29) is 11.9 Å². The van der Waals surface area contributed by atoms with E-state index < -0.39 is 5.97 Å². The lowest BCUT2D eigenvalue weighted by Gasteiger charge is -2.24. The number of benzene rings is 4. The second-order valence-corrected chi connectivity index (χ2v) is 11.2. The number of hydrogen-bond acceptors (Lipinski definition) is 8. The molecule has 7 rings (SSSR count). The number of H-pyrrole nitrogens is 1. The number of hydrogen-bond donors (Lipinski definition) is 3. The van der Waals surface area contributed by atoms with Crippen molar-refractivity contribution in [1.29, 1.82) is 0 Å². The van der Waals surface area contributed by atoms with Crippen LogP contribution in [0, 0.1) is 0 Å². The predicted octanol–water partition coefficient (Wildman–Crippen LogP) is 7.15. The second kappa shape index (κ2) is 10.9. The van der Waals surface area contributed by atoms with Crippen molar-refractivity contribution >= 4 is 45.9 Å². The van der Waals surface area contributed by atoms with E-state index in [9.17, 15) is 9.59 Å². The van der Waals surface area contributed by atoms with Gasteiger partial charge in [-0.2, -0.15) is 0 Å². The fourth-order valence-electron chi connectivity index (χ4n) is 5.58. The van der Waals surface area contributed by atoms with Crippen molar-refractivity contribution in [1.82, 2.24) is 9.97 Å². The fraction of sp³-hybridized carbons (Fsp3) is 0.0882. The Kier molecular flexibility index (Phi) is 6.75. The number of nitrogens with two attached hydrogens (primary N) is 1. The molecular formula is C34H26N4O5S. The van der Waals surface area contributed by atoms with Gasteiger partial charge in [0.05, 0.1) is 30.8 Å². The lowest BCUT2D eigenvalue weighted by atomic mass is 9.87. The maximum absolute atomic E-state index is 14.1. The van der Waals surface area contributed by atoms with Gasteiger partial charge in [-0.1, -0.05) is 24.3 Å². The Morgan fingerprint density at radius 3 is 2.52 bits per heavy atom. The van der Waals surface area contributed by atoms with Gasteiger partial charge in [0.25, 0.3) is 5.91 Å². The molecule has 0 fully saturated rings. The molecule has 0 bridgehead atoms. The minimum absolute atomic E-state index is 0.288. The number of aromatic nitrogens is 2. The maximum Gasteiger partial charge on any atom is 0.338 e. The number of nitrogens with one attached hydrogen (secondary N) is 2. The van der Waals surface area contributed by atoms with E-state index in [1.807, 2.05) is 53.9 Å². The second-order valence-electron chi connectivity index (χ2n) is 10.2. The zero-order valence-electron chi connectivity index (χ0n) is 23.8. The molecule has 6 aromatic rings. The Balaban J connectivity index is 1.42. The number of imidazole rings is 1. The molecule has 4 N–H and O–H groups in total. The first-order valence-electron chi connectivity index (χ1n) is 13.7. The number of amides is 1. The molecule has 3 heterocycles. The Bertz CT molecular complexity index is 2080. The first-order chi connectivity index (χ1) is 21.4. The summed E-state index contributed by atoms with van der Waals surface area (Å²) in [6.45, 7) is 0.306. The quantitative estimate of drug-likeness (QED) is 0.173. The summed E-state index contributed by atoms with van der Waals surface area (Å²) in [5.41, 5.74) is 12.8. The van der Waals surface area contributed by atoms with Gasteiger partial charge in [0.1, 0.15) is 18.1 Å². The van der Waals surface area contributed by atoms with Crippen LogP contribution in [0.1, 0.15) is 26.3 Å². The number of esters is 1. The molecule has 2 aromatic heterocycles. The summed E-state index contributed by atoms with van der Waals surface area (Å²) in [7, 11) is 2.93. The number of nitrogen functional groups attached to an aromatic ring is 1. The summed E-state index contributed by atoms with van der Waals surface area (Å²) < 4.78 is 17.1. The molecule has 0 radical (unpaired) electrons. The van der Waals surface area contributed by atoms with Crippen molar-refractivity contribution in [2.75, 3.05) is 25.3 Å². The lowest BCUT2D eigenvalue weighted by Crippen LogP contribution is -2.15. The number of carbonyl (C=O) groups is 2. The van der Waals surface area contributed by atoms with Crippen LogP contribution in [0.4, 0.5) is 11.6 Å². The number of ether oxygens (including phenoxy) is 3. The predicted molar refractivity (Wildman–Crippen MR) is 171 cm³/mol. The van der Waals surface area contributed by atoms with E-state index >= 15 is 0 Å². The van der Waals surface area contributed by atoms with E-state index in [0.717, 1.165) is 32.9 Å². The van der Waals surface area contributed by atoms with Crippen molar-refractivity contribution < 1.29 is 23.8 Å². The Hall–Kier alpha value is -5.61. The fourth-order valence-corrected chi connectivity index (χ4v) is 6.32. The standard InChI is InChI=1S/C34H26N4O5S/c1-41-30-16-23(22-12-18-17-43-29-7-4-3-6-20(29)21(18)14-25(22)33(40)42-2)24(15-26(30)31-8-5-11-44-31)32(39)36-19-9-10-27-28(13-19)38-34(35)37-27/h3-16H,17H2,1-2H3,(H,36,39)(H3,35,37,38). The maximum atomic E-state index is 14.1. The largest absolute Gasteiger partial charge is 0.496 e. The van der Waals surface area contributed by atoms with Gasteiger partial charge < -0.3 is 30.2 Å². The topological polar surface area (TPSA) is 129 Å². The number of aromatic amines is 1. The molecule has 0 unspecified atom stereocenters. The van der Waals surface area contributed by atoms with Gasteiger partial charge in [0, 0.05) is 27.3 Å². The minimum Gasteiger partial charge on any atom is -0.496 e. The lowest BCUT2D eigenvalue weighted by molar-refractivity contribution is 0.0601. The summed E-state index contributed by atoms with van der Waals surface area (Å²) in [6.07, 6.45) is 0. The van der Waals surface area contributed by atoms with Crippen LogP contribution in [0.2, 0.25) is 0 Å². The smallest absolute Gasteiger partial charge is 0.338 e. The van der Waals surface area contributed by atoms with Crippen molar-refractivity contribution in [2.45, 2.75) is 6.61 Å². The number of anilines is 2. The molecule has 9 nitrogen and oxygen atoms in total. The van der Waals surface area contributed by atoms with Crippen LogP contribution >= 0.6 is 11.3 Å². The van der Waals surface area contributed by atoms with Crippen LogP contribution < -0.4 is 20.5 Å². The van der Waals surface area contributed by atoms with Gasteiger partial charge in [-0.15, -0.1) is 11.3 Å². The molecule has 10 heteroatoms. The molecule has 0 atom stereocenters. The summed E-state index contributed by atoms with van der Waals surface area (Å²) in [5.74, 6) is 0.685. The highest BCUT2D eigenvalue weighted by atomic mass is 32.1. The van der Waals surface area contributed by atoms with E-state index in [4.69, 9.17) is 19.9 Å². The third-order valence-electron chi connectivity index (χ3n) is 7.63. The Labute approximate surface area is 256 Å². The molecule has 44 heavy (non-hydrogen) atoms. The number of para-hydroxylation sites is 1. The number of carbonyl (C=O) groups excluding carboxylic acids is 2. The third-order valence-corrected chi connectivity index (χ3v) is 8.53. The molecule has 1 amide bonds. The van der Waals surface area contributed by atoms with Crippen LogP contribution in [0.5, 0.6) is 11.5 Å². The number of rotatable bonds is 6. The number of nitrogens with zero attached hydrogens (tertiary/aromatic N) is 1. The molecule has 0 aliphatic carbocycles. The van der Waals surface area contributed by atoms with Crippen LogP contribution in [-0.4, -0.2) is 36.1 Å². The number of fused-ring (bicyclic) bond motifs is 4. The van der Waals surface area contributed by atoms with Gasteiger partial charge in [0.2, 0.25) is 0 Å². The minimum atomic E-state index is -0.526. The van der Waals surface area contributed by atoms with Crippen molar-refractivity contribution in [3.05, 3.63) is 101 Å². The van der Waals surface area contributed by atoms with E-state index in [0.29, 0.717) is 51.3 Å². The van der Waals surface area contributed by atoms with E-state index in [2.05, 4.69) is 15.3 Å². The summed E-state index contributed by atoms with van der Waals surface area (Å²) in [5, 5.41) is 4.97. The van der Waals surface area contributed by atoms with Gasteiger partial charge >= 0.3 is 5.97 Å². The van der Waals surface area contributed by atoms with E-state index in [1.165, 1.54) is 18.4 Å². The number of methoxy groups -OCH3 is 2. The van der Waals surface area contributed by atoms with Crippen LogP contribution in [0.25, 0.3) is 43.7 Å². The van der Waals surface area contributed by atoms with Crippen molar-refractivity contribution in [3.63, 3.8) is 0 Å². The first kappa shape index (κ1) is 27.2. The summed E-state index contributed by atoms with van der Waals surface area (Å²) in [6, 6.07) is 24.2. The molecule has 1 aliphatic heterocycles. The molecule has 0 saturated heterocycles. The monoisotopic (exact) mass is 602 g/mol. The molecule has 4 aromatic carbocycles.